The van der Waals surface area contributed by atoms with Crippen molar-refractivity contribution in [3.05, 3.63) is 35.4 Å². The van der Waals surface area contributed by atoms with Crippen molar-refractivity contribution in [1.29, 1.82) is 0 Å². The van der Waals surface area contributed by atoms with E-state index in [9.17, 15) is 9.59 Å². The number of carbonyl (C=O) groups excluding carboxylic acids is 2. The molecule has 0 aliphatic carbocycles. The minimum Gasteiger partial charge on any atom is -0.381 e. The number of rotatable bonds is 5. The maximum atomic E-state index is 12.5. The summed E-state index contributed by atoms with van der Waals surface area (Å²) in [6.45, 7) is 5.05. The van der Waals surface area contributed by atoms with Crippen molar-refractivity contribution in [1.82, 2.24) is 10.2 Å². The number of benzene rings is 1. The fourth-order valence-corrected chi connectivity index (χ4v) is 3.55. The Bertz CT molecular complexity index is 585. The van der Waals surface area contributed by atoms with Gasteiger partial charge >= 0.3 is 0 Å². The molecule has 25 heavy (non-hydrogen) atoms. The van der Waals surface area contributed by atoms with E-state index in [1.54, 1.807) is 0 Å². The summed E-state index contributed by atoms with van der Waals surface area (Å²) in [5.41, 5.74) is 1.90. The largest absolute Gasteiger partial charge is 0.381 e. The van der Waals surface area contributed by atoms with Crippen LogP contribution in [0, 0.1) is 12.8 Å². The molecule has 0 spiro atoms. The molecule has 5 nitrogen and oxygen atoms in total. The van der Waals surface area contributed by atoms with Crippen LogP contribution in [-0.4, -0.2) is 49.1 Å². The van der Waals surface area contributed by atoms with Crippen molar-refractivity contribution in [3.63, 3.8) is 0 Å². The average molecular weight is 344 g/mol. The maximum absolute atomic E-state index is 12.5. The molecule has 0 aromatic heterocycles. The lowest BCUT2D eigenvalue weighted by Gasteiger charge is -2.32. The van der Waals surface area contributed by atoms with Crippen LogP contribution in [0.5, 0.6) is 0 Å². The quantitative estimate of drug-likeness (QED) is 0.893. The van der Waals surface area contributed by atoms with Crippen molar-refractivity contribution in [2.75, 3.05) is 26.3 Å². The highest BCUT2D eigenvalue weighted by atomic mass is 16.5. The zero-order chi connectivity index (χ0) is 17.6. The third-order valence-electron chi connectivity index (χ3n) is 5.25. The molecular weight excluding hydrogens is 316 g/mol. The molecule has 1 atom stereocenters. The first kappa shape index (κ1) is 17.9. The van der Waals surface area contributed by atoms with E-state index in [0.717, 1.165) is 50.0 Å². The summed E-state index contributed by atoms with van der Waals surface area (Å²) in [4.78, 5) is 26.5. The number of hydrogen-bond acceptors (Lipinski definition) is 3. The Hall–Kier alpha value is -1.88. The van der Waals surface area contributed by atoms with Gasteiger partial charge in [-0.1, -0.05) is 17.7 Å². The molecule has 5 heteroatoms. The van der Waals surface area contributed by atoms with Gasteiger partial charge in [0.2, 0.25) is 5.91 Å². The summed E-state index contributed by atoms with van der Waals surface area (Å²) in [5, 5.41) is 3.13. The molecule has 0 bridgehead atoms. The molecule has 0 unspecified atom stereocenters. The van der Waals surface area contributed by atoms with Crippen molar-refractivity contribution in [3.8, 4) is 0 Å². The first-order chi connectivity index (χ1) is 12.1. The number of aryl methyl sites for hydroxylation is 1. The Kier molecular flexibility index (Phi) is 6.08. The highest BCUT2D eigenvalue weighted by molar-refractivity contribution is 5.94. The van der Waals surface area contributed by atoms with Gasteiger partial charge in [0.25, 0.3) is 5.91 Å². The van der Waals surface area contributed by atoms with E-state index in [-0.39, 0.29) is 17.9 Å². The lowest BCUT2D eigenvalue weighted by molar-refractivity contribution is -0.122. The van der Waals surface area contributed by atoms with Crippen LogP contribution in [0.15, 0.2) is 24.3 Å². The van der Waals surface area contributed by atoms with Gasteiger partial charge in [-0.15, -0.1) is 0 Å². The lowest BCUT2D eigenvalue weighted by Crippen LogP contribution is -2.46. The number of nitrogens with zero attached hydrogens (tertiary/aromatic N) is 1. The van der Waals surface area contributed by atoms with Gasteiger partial charge in [0.05, 0.1) is 0 Å². The summed E-state index contributed by atoms with van der Waals surface area (Å²) >= 11 is 0. The van der Waals surface area contributed by atoms with Crippen LogP contribution in [0.3, 0.4) is 0 Å². The van der Waals surface area contributed by atoms with Gasteiger partial charge in [0.1, 0.15) is 0 Å². The monoisotopic (exact) mass is 344 g/mol. The van der Waals surface area contributed by atoms with Gasteiger partial charge in [-0.3, -0.25) is 9.59 Å². The van der Waals surface area contributed by atoms with Crippen LogP contribution in [0.25, 0.3) is 0 Å². The van der Waals surface area contributed by atoms with E-state index in [4.69, 9.17) is 4.74 Å². The Morgan fingerprint density at radius 3 is 2.52 bits per heavy atom. The molecule has 1 aromatic rings. The van der Waals surface area contributed by atoms with Gasteiger partial charge in [-0.2, -0.15) is 0 Å². The lowest BCUT2D eigenvalue weighted by atomic mass is 10.0. The maximum Gasteiger partial charge on any atom is 0.253 e. The smallest absolute Gasteiger partial charge is 0.253 e. The summed E-state index contributed by atoms with van der Waals surface area (Å²) in [7, 11) is 0. The second-order valence-corrected chi connectivity index (χ2v) is 7.27. The number of amides is 2. The molecule has 2 fully saturated rings. The van der Waals surface area contributed by atoms with Gasteiger partial charge in [0.15, 0.2) is 0 Å². The van der Waals surface area contributed by atoms with Gasteiger partial charge < -0.3 is 15.0 Å². The van der Waals surface area contributed by atoms with Crippen LogP contribution in [0.4, 0.5) is 0 Å². The van der Waals surface area contributed by atoms with E-state index in [0.29, 0.717) is 25.4 Å². The van der Waals surface area contributed by atoms with Gasteiger partial charge in [-0.05, 0) is 50.7 Å². The summed E-state index contributed by atoms with van der Waals surface area (Å²) in [6.07, 6.45) is 4.23. The molecule has 3 rings (SSSR count). The topological polar surface area (TPSA) is 58.6 Å². The van der Waals surface area contributed by atoms with Crippen LogP contribution in [0.2, 0.25) is 0 Å². The third-order valence-corrected chi connectivity index (χ3v) is 5.25. The fourth-order valence-electron chi connectivity index (χ4n) is 3.55. The number of piperidine rings is 1. The molecular formula is C20H28N2O3. The van der Waals surface area contributed by atoms with Crippen molar-refractivity contribution >= 4 is 11.8 Å². The fraction of sp³-hybridized carbons (Fsp3) is 0.600. The second kappa shape index (κ2) is 8.48. The molecule has 136 valence electrons. The van der Waals surface area contributed by atoms with E-state index >= 15 is 0 Å². The predicted molar refractivity (Wildman–Crippen MR) is 96.4 cm³/mol. The number of hydrogen-bond donors (Lipinski definition) is 1. The van der Waals surface area contributed by atoms with Crippen molar-refractivity contribution < 1.29 is 14.3 Å². The average Bonchev–Trinajstić information content (AvgIpc) is 3.14. The Morgan fingerprint density at radius 1 is 1.16 bits per heavy atom. The predicted octanol–water partition coefficient (Wildman–Crippen LogP) is 2.53. The van der Waals surface area contributed by atoms with Crippen molar-refractivity contribution in [2.24, 2.45) is 5.92 Å². The molecule has 2 aliphatic heterocycles. The third kappa shape index (κ3) is 5.05. The minimum atomic E-state index is 0.0889. The summed E-state index contributed by atoms with van der Waals surface area (Å²) in [6, 6.07) is 7.90. The van der Waals surface area contributed by atoms with Crippen molar-refractivity contribution in [2.45, 2.75) is 45.1 Å². The zero-order valence-electron chi connectivity index (χ0n) is 15.0. The number of likely N-dealkylation sites (tertiary alicyclic amines) is 1. The first-order valence-electron chi connectivity index (χ1n) is 9.35. The Morgan fingerprint density at radius 2 is 1.88 bits per heavy atom. The van der Waals surface area contributed by atoms with Gasteiger partial charge in [-0.25, -0.2) is 0 Å². The Balaban J connectivity index is 1.39. The summed E-state index contributed by atoms with van der Waals surface area (Å²) < 4.78 is 5.35. The second-order valence-electron chi connectivity index (χ2n) is 7.27. The van der Waals surface area contributed by atoms with Crippen LogP contribution in [0.1, 0.15) is 48.0 Å². The number of nitrogens with one attached hydrogen (secondary N) is 1. The first-order valence-corrected chi connectivity index (χ1v) is 9.35. The van der Waals surface area contributed by atoms with Crippen LogP contribution in [-0.2, 0) is 9.53 Å². The highest BCUT2D eigenvalue weighted by Gasteiger charge is 2.25. The molecule has 0 saturated carbocycles. The molecule has 2 aliphatic rings. The van der Waals surface area contributed by atoms with E-state index in [1.165, 1.54) is 0 Å². The molecule has 1 N–H and O–H groups in total. The molecule has 2 saturated heterocycles. The van der Waals surface area contributed by atoms with Gasteiger partial charge in [0, 0.05) is 44.3 Å². The number of ether oxygens (including phenoxy) is 1. The minimum absolute atomic E-state index is 0.0889. The normalized spacial score (nSPS) is 21.3. The standard InChI is InChI=1S/C20H28N2O3/c1-15-2-5-17(6-3-15)20(24)22-11-8-18(9-12-22)21-19(23)7-4-16-10-13-25-14-16/h2-3,5-6,16,18H,4,7-14H2,1H3,(H,21,23)/t16-/m1/s1. The molecule has 1 aromatic carbocycles. The summed E-state index contributed by atoms with van der Waals surface area (Å²) in [5.74, 6) is 0.765. The number of carbonyl (C=O) groups is 2. The van der Waals surface area contributed by atoms with E-state index in [2.05, 4.69) is 5.32 Å². The van der Waals surface area contributed by atoms with E-state index < -0.39 is 0 Å². The molecule has 0 radical (unpaired) electrons. The molecule has 2 amide bonds. The highest BCUT2D eigenvalue weighted by Crippen LogP contribution is 2.19. The zero-order valence-corrected chi connectivity index (χ0v) is 15.0. The Labute approximate surface area is 149 Å². The van der Waals surface area contributed by atoms with Crippen LogP contribution < -0.4 is 5.32 Å². The van der Waals surface area contributed by atoms with Crippen LogP contribution >= 0.6 is 0 Å². The SMILES string of the molecule is Cc1ccc(C(=O)N2CCC(NC(=O)CC[C@@H]3CCOC3)CC2)cc1. The molecule has 2 heterocycles. The van der Waals surface area contributed by atoms with E-state index in [1.807, 2.05) is 36.1 Å².